The summed E-state index contributed by atoms with van der Waals surface area (Å²) in [5.41, 5.74) is -0.331. The van der Waals surface area contributed by atoms with Crippen LogP contribution >= 0.6 is 0 Å². The molecule has 4 aromatic rings. The highest BCUT2D eigenvalue weighted by Crippen LogP contribution is 2.32. The molecular weight excluding hydrogens is 540 g/mol. The van der Waals surface area contributed by atoms with Crippen molar-refractivity contribution in [1.29, 1.82) is 0 Å². The van der Waals surface area contributed by atoms with E-state index < -0.39 is 33.6 Å². The van der Waals surface area contributed by atoms with Crippen molar-refractivity contribution in [2.75, 3.05) is 33.1 Å². The summed E-state index contributed by atoms with van der Waals surface area (Å²) < 4.78 is 45.7. The summed E-state index contributed by atoms with van der Waals surface area (Å²) in [6.45, 7) is 0.613. The largest absolute Gasteiger partial charge is 0.454 e. The van der Waals surface area contributed by atoms with E-state index in [9.17, 15) is 22.8 Å². The predicted octanol–water partition coefficient (Wildman–Crippen LogP) is 1.24. The minimum Gasteiger partial charge on any atom is -0.454 e. The maximum atomic E-state index is 13.6. The van der Waals surface area contributed by atoms with Gasteiger partial charge in [-0.2, -0.15) is 4.31 Å². The Balaban J connectivity index is 1.36. The Hall–Kier alpha value is -4.33. The van der Waals surface area contributed by atoms with Crippen LogP contribution in [-0.4, -0.2) is 65.7 Å². The lowest BCUT2D eigenvalue weighted by molar-refractivity contribution is 0.0730. The second-order valence-electron chi connectivity index (χ2n) is 9.29. The smallest absolute Gasteiger partial charge is 0.332 e. The monoisotopic (exact) mass is 564 g/mol. The van der Waals surface area contributed by atoms with E-state index in [1.807, 2.05) is 0 Å². The number of benzene rings is 2. The molecule has 2 aliphatic rings. The third kappa shape index (κ3) is 4.68. The number of carbonyl (C=O) groups is 1. The molecule has 206 valence electrons. The van der Waals surface area contributed by atoms with E-state index in [2.05, 4.69) is 4.98 Å². The van der Waals surface area contributed by atoms with E-state index in [-0.39, 0.29) is 47.9 Å². The van der Waals surface area contributed by atoms with Gasteiger partial charge >= 0.3 is 5.69 Å². The van der Waals surface area contributed by atoms with Crippen LogP contribution in [-0.2, 0) is 27.8 Å². The number of hydrogen-bond acceptors (Lipinski definition) is 9. The topological polar surface area (TPSA) is 139 Å². The van der Waals surface area contributed by atoms with Crippen LogP contribution in [0.15, 0.2) is 75.3 Å². The summed E-state index contributed by atoms with van der Waals surface area (Å²) >= 11 is 0. The van der Waals surface area contributed by atoms with Crippen molar-refractivity contribution in [2.45, 2.75) is 18.0 Å². The third-order valence-corrected chi connectivity index (χ3v) is 8.72. The molecule has 0 radical (unpaired) electrons. The highest BCUT2D eigenvalue weighted by atomic mass is 32.2. The first-order chi connectivity index (χ1) is 19.3. The Kier molecular flexibility index (Phi) is 6.70. The molecule has 0 amide bonds. The summed E-state index contributed by atoms with van der Waals surface area (Å²) in [6.07, 6.45) is 1.44. The van der Waals surface area contributed by atoms with Gasteiger partial charge in [-0.25, -0.2) is 18.2 Å². The summed E-state index contributed by atoms with van der Waals surface area (Å²) in [6, 6.07) is 13.9. The number of aromatic nitrogens is 3. The zero-order valence-electron chi connectivity index (χ0n) is 21.2. The van der Waals surface area contributed by atoms with Gasteiger partial charge in [0.15, 0.2) is 22.8 Å². The van der Waals surface area contributed by atoms with Crippen LogP contribution in [0.3, 0.4) is 0 Å². The predicted molar refractivity (Wildman–Crippen MR) is 142 cm³/mol. The van der Waals surface area contributed by atoms with Crippen LogP contribution in [0.25, 0.3) is 11.0 Å². The number of pyridine rings is 1. The number of Topliss-reactive ketones (excluding diaryl/α,β-unsaturated/α-hetero) is 1. The van der Waals surface area contributed by atoms with Crippen molar-refractivity contribution in [2.24, 2.45) is 0 Å². The fourth-order valence-corrected chi connectivity index (χ4v) is 6.21. The first kappa shape index (κ1) is 25.9. The number of rotatable bonds is 7. The molecule has 0 aliphatic carbocycles. The molecule has 13 heteroatoms. The highest BCUT2D eigenvalue weighted by molar-refractivity contribution is 7.89. The van der Waals surface area contributed by atoms with E-state index in [1.54, 1.807) is 30.3 Å². The van der Waals surface area contributed by atoms with Crippen LogP contribution in [0.4, 0.5) is 0 Å². The Labute approximate surface area is 228 Å². The minimum atomic E-state index is -3.83. The summed E-state index contributed by atoms with van der Waals surface area (Å²) in [5, 5.41) is 0. The Bertz CT molecular complexity index is 1860. The quantitative estimate of drug-likeness (QED) is 0.303. The Morgan fingerprint density at radius 2 is 1.73 bits per heavy atom. The van der Waals surface area contributed by atoms with Crippen molar-refractivity contribution in [1.82, 2.24) is 18.4 Å². The molecule has 0 atom stereocenters. The maximum Gasteiger partial charge on any atom is 0.332 e. The second kappa shape index (κ2) is 10.3. The molecule has 2 aromatic heterocycles. The normalized spacial score (nSPS) is 15.4. The number of ether oxygens (including phenoxy) is 3. The Morgan fingerprint density at radius 1 is 0.925 bits per heavy atom. The van der Waals surface area contributed by atoms with Crippen molar-refractivity contribution in [3.8, 4) is 11.5 Å². The van der Waals surface area contributed by atoms with Gasteiger partial charge in [-0.1, -0.05) is 18.2 Å². The van der Waals surface area contributed by atoms with Gasteiger partial charge in [0.1, 0.15) is 0 Å². The number of carbonyl (C=O) groups excluding carboxylic acids is 1. The average molecular weight is 565 g/mol. The van der Waals surface area contributed by atoms with Gasteiger partial charge in [0.2, 0.25) is 16.8 Å². The first-order valence-corrected chi connectivity index (χ1v) is 13.9. The van der Waals surface area contributed by atoms with Crippen LogP contribution in [0.2, 0.25) is 0 Å². The number of morpholine rings is 1. The molecule has 0 saturated carbocycles. The molecule has 12 nitrogen and oxygen atoms in total. The summed E-state index contributed by atoms with van der Waals surface area (Å²) in [7, 11) is -3.83. The lowest BCUT2D eigenvalue weighted by Gasteiger charge is -2.26. The highest BCUT2D eigenvalue weighted by Gasteiger charge is 2.27. The SMILES string of the molecule is O=C(Cn1c(=O)n(Cc2ccc3c(c2)OCO3)c(=O)c2ncccc21)c1cccc(S(=O)(=O)N2CCOCC2)c1. The molecule has 40 heavy (non-hydrogen) atoms. The zero-order chi connectivity index (χ0) is 27.9. The van der Waals surface area contributed by atoms with E-state index in [0.29, 0.717) is 30.3 Å². The fraction of sp³-hybridized carbons (Fsp3) is 0.259. The molecule has 1 saturated heterocycles. The standard InChI is InChI=1S/C27H24N4O8S/c32-22(19-3-1-4-20(14-19)40(35,36)29-9-11-37-12-10-29)16-30-21-5-2-8-28-25(21)26(33)31(27(30)34)15-18-6-7-23-24(13-18)39-17-38-23/h1-8,13-14H,9-12,15-17H2. The van der Waals surface area contributed by atoms with Crippen LogP contribution in [0.1, 0.15) is 15.9 Å². The molecule has 1 fully saturated rings. The number of ketones is 1. The molecule has 6 rings (SSSR count). The van der Waals surface area contributed by atoms with Gasteiger partial charge in [0, 0.05) is 24.8 Å². The lowest BCUT2D eigenvalue weighted by Crippen LogP contribution is -2.41. The number of fused-ring (bicyclic) bond motifs is 2. The molecule has 2 aromatic carbocycles. The molecule has 0 bridgehead atoms. The van der Waals surface area contributed by atoms with E-state index in [1.165, 1.54) is 39.3 Å². The first-order valence-electron chi connectivity index (χ1n) is 12.5. The number of sulfonamides is 1. The van der Waals surface area contributed by atoms with Crippen molar-refractivity contribution in [3.63, 3.8) is 0 Å². The maximum absolute atomic E-state index is 13.6. The molecule has 0 spiro atoms. The molecule has 0 N–H and O–H groups in total. The van der Waals surface area contributed by atoms with Gasteiger partial charge in [-0.05, 0) is 42.0 Å². The molecular formula is C27H24N4O8S. The van der Waals surface area contributed by atoms with Gasteiger partial charge < -0.3 is 14.2 Å². The molecule has 4 heterocycles. The Morgan fingerprint density at radius 3 is 2.55 bits per heavy atom. The van der Waals surface area contributed by atoms with E-state index in [4.69, 9.17) is 14.2 Å². The average Bonchev–Trinajstić information content (AvgIpc) is 3.46. The van der Waals surface area contributed by atoms with Crippen molar-refractivity contribution in [3.05, 3.63) is 92.8 Å². The third-order valence-electron chi connectivity index (χ3n) is 6.83. The van der Waals surface area contributed by atoms with Gasteiger partial charge in [0.25, 0.3) is 5.56 Å². The minimum absolute atomic E-state index is 0.0214. The lowest BCUT2D eigenvalue weighted by atomic mass is 10.1. The zero-order valence-corrected chi connectivity index (χ0v) is 22.0. The van der Waals surface area contributed by atoms with E-state index in [0.717, 1.165) is 4.57 Å². The van der Waals surface area contributed by atoms with Crippen LogP contribution < -0.4 is 20.7 Å². The number of nitrogens with zero attached hydrogens (tertiary/aromatic N) is 4. The van der Waals surface area contributed by atoms with Crippen LogP contribution in [0, 0.1) is 0 Å². The van der Waals surface area contributed by atoms with Crippen molar-refractivity contribution < 1.29 is 27.4 Å². The van der Waals surface area contributed by atoms with Crippen molar-refractivity contribution >= 4 is 26.8 Å². The number of hydrogen-bond donors (Lipinski definition) is 0. The second-order valence-corrected chi connectivity index (χ2v) is 11.2. The summed E-state index contributed by atoms with van der Waals surface area (Å²) in [5.74, 6) is 0.573. The fourth-order valence-electron chi connectivity index (χ4n) is 4.76. The van der Waals surface area contributed by atoms with Gasteiger partial charge in [0.05, 0.1) is 36.7 Å². The van der Waals surface area contributed by atoms with Gasteiger partial charge in [-0.15, -0.1) is 0 Å². The summed E-state index contributed by atoms with van der Waals surface area (Å²) in [4.78, 5) is 44.5. The van der Waals surface area contributed by atoms with Gasteiger partial charge in [-0.3, -0.25) is 18.7 Å². The van der Waals surface area contributed by atoms with Crippen LogP contribution in [0.5, 0.6) is 11.5 Å². The molecule has 0 unspecified atom stereocenters. The molecule has 2 aliphatic heterocycles. The van der Waals surface area contributed by atoms with E-state index >= 15 is 0 Å².